The van der Waals surface area contributed by atoms with Gasteiger partial charge >= 0.3 is 5.97 Å². The first kappa shape index (κ1) is 22.1. The summed E-state index contributed by atoms with van der Waals surface area (Å²) in [7, 11) is 1.56. The summed E-state index contributed by atoms with van der Waals surface area (Å²) >= 11 is 0. The van der Waals surface area contributed by atoms with E-state index >= 15 is 0 Å². The minimum absolute atomic E-state index is 0.0632. The molecule has 0 saturated heterocycles. The molecule has 33 heavy (non-hydrogen) atoms. The third kappa shape index (κ3) is 5.20. The molecule has 0 atom stereocenters. The molecule has 0 fully saturated rings. The number of cyclic esters (lactones) is 1. The van der Waals surface area contributed by atoms with Crippen LogP contribution in [0.5, 0.6) is 17.2 Å². The Hall–Kier alpha value is -4.13. The number of ether oxygens (including phenoxy) is 4. The van der Waals surface area contributed by atoms with Gasteiger partial charge in [0, 0.05) is 11.1 Å². The molecule has 0 bridgehead atoms. The predicted molar refractivity (Wildman–Crippen MR) is 122 cm³/mol. The van der Waals surface area contributed by atoms with E-state index in [0.717, 1.165) is 0 Å². The molecular formula is C26H22FNO5. The van der Waals surface area contributed by atoms with Crippen molar-refractivity contribution in [1.29, 1.82) is 0 Å². The van der Waals surface area contributed by atoms with Crippen LogP contribution in [-0.2, 0) is 16.1 Å². The molecule has 0 N–H and O–H groups in total. The van der Waals surface area contributed by atoms with Crippen molar-refractivity contribution >= 4 is 17.9 Å². The zero-order chi connectivity index (χ0) is 23.2. The Balaban J connectivity index is 1.57. The predicted octanol–water partition coefficient (Wildman–Crippen LogP) is 5.16. The van der Waals surface area contributed by atoms with Crippen LogP contribution in [0.15, 0.2) is 77.4 Å². The fourth-order valence-electron chi connectivity index (χ4n) is 3.22. The molecule has 0 saturated carbocycles. The van der Waals surface area contributed by atoms with E-state index in [1.165, 1.54) is 6.07 Å². The Morgan fingerprint density at radius 1 is 1.00 bits per heavy atom. The van der Waals surface area contributed by atoms with Crippen LogP contribution in [0.4, 0.5) is 4.39 Å². The first-order valence-electron chi connectivity index (χ1n) is 10.4. The Morgan fingerprint density at radius 2 is 1.85 bits per heavy atom. The van der Waals surface area contributed by atoms with Gasteiger partial charge in [0.2, 0.25) is 5.90 Å². The number of hydrogen-bond donors (Lipinski definition) is 0. The molecule has 0 aromatic heterocycles. The zero-order valence-corrected chi connectivity index (χ0v) is 18.2. The van der Waals surface area contributed by atoms with Crippen LogP contribution in [0.3, 0.4) is 0 Å². The second-order valence-corrected chi connectivity index (χ2v) is 7.09. The van der Waals surface area contributed by atoms with Crippen LogP contribution in [0, 0.1) is 5.82 Å². The molecule has 1 aliphatic heterocycles. The van der Waals surface area contributed by atoms with Gasteiger partial charge in [0.05, 0.1) is 13.7 Å². The Labute approximate surface area is 190 Å². The number of hydrogen-bond acceptors (Lipinski definition) is 6. The molecule has 3 aromatic carbocycles. The molecule has 0 radical (unpaired) electrons. The number of benzene rings is 3. The summed E-state index contributed by atoms with van der Waals surface area (Å²) < 4.78 is 35.9. The highest BCUT2D eigenvalue weighted by molar-refractivity contribution is 6.13. The number of nitrogens with zero attached hydrogens (tertiary/aromatic N) is 1. The number of aliphatic imine (C=N–C) groups is 1. The first-order valence-corrected chi connectivity index (χ1v) is 10.4. The fraction of sp³-hybridized carbons (Fsp3) is 0.154. The van der Waals surface area contributed by atoms with Crippen molar-refractivity contribution in [3.05, 3.63) is 94.9 Å². The van der Waals surface area contributed by atoms with Crippen molar-refractivity contribution in [2.45, 2.75) is 13.5 Å². The average Bonchev–Trinajstić information content (AvgIpc) is 3.20. The lowest BCUT2D eigenvalue weighted by atomic mass is 10.1. The molecule has 1 heterocycles. The van der Waals surface area contributed by atoms with Crippen LogP contribution < -0.4 is 14.2 Å². The van der Waals surface area contributed by atoms with Gasteiger partial charge in [-0.3, -0.25) is 0 Å². The van der Waals surface area contributed by atoms with E-state index in [0.29, 0.717) is 40.5 Å². The smallest absolute Gasteiger partial charge is 0.363 e. The number of carbonyl (C=O) groups excluding carboxylic acids is 1. The van der Waals surface area contributed by atoms with Crippen LogP contribution >= 0.6 is 0 Å². The third-order valence-electron chi connectivity index (χ3n) is 4.85. The van der Waals surface area contributed by atoms with Gasteiger partial charge in [-0.1, -0.05) is 30.3 Å². The highest BCUT2D eigenvalue weighted by atomic mass is 19.1. The van der Waals surface area contributed by atoms with E-state index in [1.807, 2.05) is 6.92 Å². The summed E-state index contributed by atoms with van der Waals surface area (Å²) in [5, 5.41) is 0. The summed E-state index contributed by atoms with van der Waals surface area (Å²) in [5.41, 5.74) is 1.92. The number of esters is 1. The van der Waals surface area contributed by atoms with E-state index in [2.05, 4.69) is 4.99 Å². The number of halogens is 1. The summed E-state index contributed by atoms with van der Waals surface area (Å²) in [5.74, 6) is 0.909. The number of carbonyl (C=O) groups is 1. The molecule has 0 unspecified atom stereocenters. The van der Waals surface area contributed by atoms with Crippen LogP contribution in [0.1, 0.15) is 23.6 Å². The summed E-state index contributed by atoms with van der Waals surface area (Å²) in [4.78, 5) is 16.7. The van der Waals surface area contributed by atoms with Crippen molar-refractivity contribution in [3.63, 3.8) is 0 Å². The van der Waals surface area contributed by atoms with Crippen molar-refractivity contribution in [3.8, 4) is 17.2 Å². The lowest BCUT2D eigenvalue weighted by Gasteiger charge is -2.13. The second-order valence-electron chi connectivity index (χ2n) is 7.09. The largest absolute Gasteiger partial charge is 0.497 e. The molecule has 3 aromatic rings. The first-order chi connectivity index (χ1) is 16.1. The Morgan fingerprint density at radius 3 is 2.64 bits per heavy atom. The molecule has 6 nitrogen and oxygen atoms in total. The lowest BCUT2D eigenvalue weighted by Crippen LogP contribution is -2.05. The van der Waals surface area contributed by atoms with Gasteiger partial charge in [-0.2, -0.15) is 0 Å². The normalized spacial score (nSPS) is 14.1. The van der Waals surface area contributed by atoms with Gasteiger partial charge in [-0.05, 0) is 55.0 Å². The maximum Gasteiger partial charge on any atom is 0.363 e. The van der Waals surface area contributed by atoms with Crippen LogP contribution in [0.2, 0.25) is 0 Å². The Bertz CT molecular complexity index is 1230. The second kappa shape index (κ2) is 9.99. The molecule has 7 heteroatoms. The summed E-state index contributed by atoms with van der Waals surface area (Å²) in [6, 6.07) is 18.8. The van der Waals surface area contributed by atoms with Gasteiger partial charge in [0.1, 0.15) is 18.2 Å². The SMILES string of the molecule is CCOc1cc(C=C2N=C(c3cccc(OC)c3)OC2=O)ccc1OCc1ccccc1F. The standard InChI is InChI=1S/C26H22FNO5/c1-3-31-24-14-17(11-12-23(24)32-16-19-7-4-5-10-21(19)27)13-22-26(29)33-25(28-22)18-8-6-9-20(15-18)30-2/h4-15H,3,16H2,1-2H3. The highest BCUT2D eigenvalue weighted by Crippen LogP contribution is 2.31. The van der Waals surface area contributed by atoms with E-state index in [1.54, 1.807) is 73.8 Å². The number of rotatable bonds is 8. The fourth-order valence-corrected chi connectivity index (χ4v) is 3.22. The topological polar surface area (TPSA) is 66.3 Å². The monoisotopic (exact) mass is 447 g/mol. The number of methoxy groups -OCH3 is 1. The van der Waals surface area contributed by atoms with Crippen LogP contribution in [-0.4, -0.2) is 25.6 Å². The minimum Gasteiger partial charge on any atom is -0.497 e. The molecule has 0 aliphatic carbocycles. The molecule has 4 rings (SSSR count). The van der Waals surface area contributed by atoms with E-state index < -0.39 is 5.97 Å². The zero-order valence-electron chi connectivity index (χ0n) is 18.2. The van der Waals surface area contributed by atoms with Crippen molar-refractivity contribution in [1.82, 2.24) is 0 Å². The van der Waals surface area contributed by atoms with E-state index in [4.69, 9.17) is 18.9 Å². The van der Waals surface area contributed by atoms with E-state index in [9.17, 15) is 9.18 Å². The van der Waals surface area contributed by atoms with Crippen molar-refractivity contribution < 1.29 is 28.1 Å². The lowest BCUT2D eigenvalue weighted by molar-refractivity contribution is -0.129. The highest BCUT2D eigenvalue weighted by Gasteiger charge is 2.24. The van der Waals surface area contributed by atoms with E-state index in [-0.39, 0.29) is 24.0 Å². The maximum atomic E-state index is 13.9. The van der Waals surface area contributed by atoms with Gasteiger partial charge in [0.25, 0.3) is 0 Å². The van der Waals surface area contributed by atoms with Crippen LogP contribution in [0.25, 0.3) is 6.08 Å². The molecule has 1 aliphatic rings. The summed E-state index contributed by atoms with van der Waals surface area (Å²) in [6.45, 7) is 2.33. The quantitative estimate of drug-likeness (QED) is 0.353. The third-order valence-corrected chi connectivity index (χ3v) is 4.85. The van der Waals surface area contributed by atoms with Crippen molar-refractivity contribution in [2.24, 2.45) is 4.99 Å². The van der Waals surface area contributed by atoms with Gasteiger partial charge in [0.15, 0.2) is 17.2 Å². The minimum atomic E-state index is -0.550. The van der Waals surface area contributed by atoms with Gasteiger partial charge in [-0.15, -0.1) is 0 Å². The average molecular weight is 447 g/mol. The van der Waals surface area contributed by atoms with Crippen molar-refractivity contribution in [2.75, 3.05) is 13.7 Å². The van der Waals surface area contributed by atoms with Gasteiger partial charge in [-0.25, -0.2) is 14.2 Å². The maximum absolute atomic E-state index is 13.9. The van der Waals surface area contributed by atoms with Gasteiger partial charge < -0.3 is 18.9 Å². The molecule has 0 amide bonds. The summed E-state index contributed by atoms with van der Waals surface area (Å²) in [6.07, 6.45) is 1.61. The molecule has 168 valence electrons. The molecule has 0 spiro atoms. The Kier molecular flexibility index (Phi) is 6.69. The molecular weight excluding hydrogens is 425 g/mol.